The van der Waals surface area contributed by atoms with Crippen molar-refractivity contribution in [2.75, 3.05) is 0 Å². The van der Waals surface area contributed by atoms with Gasteiger partial charge in [0.05, 0.1) is 5.41 Å². The Morgan fingerprint density at radius 1 is 1.53 bits per heavy atom. The van der Waals surface area contributed by atoms with Crippen molar-refractivity contribution < 1.29 is 9.90 Å². The van der Waals surface area contributed by atoms with E-state index in [2.05, 4.69) is 15.9 Å². The molecule has 0 radical (unpaired) electrons. The molecule has 0 aliphatic carbocycles. The smallest absolute Gasteiger partial charge is 0.309 e. The van der Waals surface area contributed by atoms with E-state index in [0.29, 0.717) is 11.4 Å². The fraction of sp³-hybridized carbons (Fsp3) is 0.462. The van der Waals surface area contributed by atoms with Crippen molar-refractivity contribution in [3.63, 3.8) is 0 Å². The topological polar surface area (TPSA) is 37.3 Å². The van der Waals surface area contributed by atoms with Crippen LogP contribution in [0.4, 0.5) is 0 Å². The van der Waals surface area contributed by atoms with Gasteiger partial charge in [0, 0.05) is 9.50 Å². The molecule has 1 N–H and O–H groups in total. The molecular weight excluding hydrogens is 303 g/mol. The van der Waals surface area contributed by atoms with Crippen LogP contribution in [0.5, 0.6) is 0 Å². The summed E-state index contributed by atoms with van der Waals surface area (Å²) in [5.41, 5.74) is 0.0748. The van der Waals surface area contributed by atoms with Crippen LogP contribution in [-0.4, -0.2) is 11.1 Å². The summed E-state index contributed by atoms with van der Waals surface area (Å²) >= 11 is 9.46. The predicted molar refractivity (Wildman–Crippen MR) is 73.4 cm³/mol. The molecule has 1 rings (SSSR count). The first-order chi connectivity index (χ1) is 7.77. The van der Waals surface area contributed by atoms with Crippen LogP contribution in [-0.2, 0) is 11.2 Å². The Balaban J connectivity index is 3.07. The minimum Gasteiger partial charge on any atom is -0.481 e. The lowest BCUT2D eigenvalue weighted by molar-refractivity contribution is -0.150. The minimum atomic E-state index is -0.794. The van der Waals surface area contributed by atoms with Gasteiger partial charge >= 0.3 is 5.97 Å². The zero-order chi connectivity index (χ0) is 13.2. The van der Waals surface area contributed by atoms with Gasteiger partial charge in [0.2, 0.25) is 0 Å². The normalized spacial score (nSPS) is 14.7. The number of benzene rings is 1. The monoisotopic (exact) mass is 318 g/mol. The van der Waals surface area contributed by atoms with Gasteiger partial charge in [-0.05, 0) is 37.0 Å². The largest absolute Gasteiger partial charge is 0.481 e. The van der Waals surface area contributed by atoms with Gasteiger partial charge in [0.25, 0.3) is 0 Å². The number of hydrogen-bond acceptors (Lipinski definition) is 1. The van der Waals surface area contributed by atoms with Gasteiger partial charge in [-0.3, -0.25) is 4.79 Å². The van der Waals surface area contributed by atoms with E-state index in [1.807, 2.05) is 26.0 Å². The molecule has 0 aromatic heterocycles. The summed E-state index contributed by atoms with van der Waals surface area (Å²) in [6.07, 6.45) is 0.437. The lowest BCUT2D eigenvalue weighted by Gasteiger charge is -2.29. The van der Waals surface area contributed by atoms with Crippen molar-refractivity contribution in [2.45, 2.75) is 27.2 Å². The molecule has 0 heterocycles. The van der Waals surface area contributed by atoms with Crippen molar-refractivity contribution >= 4 is 33.5 Å². The molecule has 0 bridgehead atoms. The van der Waals surface area contributed by atoms with Crippen LogP contribution in [0, 0.1) is 11.3 Å². The average molecular weight is 320 g/mol. The summed E-state index contributed by atoms with van der Waals surface area (Å²) in [5, 5.41) is 9.96. The third kappa shape index (κ3) is 3.23. The average Bonchev–Trinajstić information content (AvgIpc) is 2.21. The van der Waals surface area contributed by atoms with E-state index in [0.717, 1.165) is 10.0 Å². The first kappa shape index (κ1) is 14.5. The predicted octanol–water partition coefficient (Wildman–Crippen LogP) is 4.39. The molecule has 0 aliphatic heterocycles. The Hall–Kier alpha value is -0.540. The van der Waals surface area contributed by atoms with Gasteiger partial charge in [-0.2, -0.15) is 0 Å². The molecular formula is C13H16BrClO2. The molecule has 0 saturated carbocycles. The Morgan fingerprint density at radius 2 is 2.12 bits per heavy atom. The van der Waals surface area contributed by atoms with Crippen LogP contribution < -0.4 is 0 Å². The SMILES string of the molecule is CC(C)C(C)(Cc1ccc(Br)cc1Cl)C(=O)O. The standard InChI is InChI=1S/C13H16BrClO2/c1-8(2)13(3,12(16)17)7-9-4-5-10(14)6-11(9)15/h4-6,8H,7H2,1-3H3,(H,16,17). The van der Waals surface area contributed by atoms with Crippen molar-refractivity contribution in [1.29, 1.82) is 0 Å². The Labute approximate surface area is 115 Å². The van der Waals surface area contributed by atoms with E-state index in [1.165, 1.54) is 0 Å². The fourth-order valence-electron chi connectivity index (χ4n) is 1.59. The molecule has 1 atom stereocenters. The molecule has 1 aromatic carbocycles. The third-order valence-corrected chi connectivity index (χ3v) is 4.18. The molecule has 17 heavy (non-hydrogen) atoms. The quantitative estimate of drug-likeness (QED) is 0.893. The van der Waals surface area contributed by atoms with Crippen LogP contribution in [0.25, 0.3) is 0 Å². The highest BCUT2D eigenvalue weighted by Gasteiger charge is 2.37. The van der Waals surface area contributed by atoms with Gasteiger partial charge in [0.1, 0.15) is 0 Å². The Morgan fingerprint density at radius 3 is 2.53 bits per heavy atom. The summed E-state index contributed by atoms with van der Waals surface area (Å²) < 4.78 is 0.896. The third-order valence-electron chi connectivity index (χ3n) is 3.34. The molecule has 0 fully saturated rings. The van der Waals surface area contributed by atoms with Crippen LogP contribution in [0.15, 0.2) is 22.7 Å². The fourth-order valence-corrected chi connectivity index (χ4v) is 2.33. The molecule has 1 unspecified atom stereocenters. The summed E-state index contributed by atoms with van der Waals surface area (Å²) in [7, 11) is 0. The summed E-state index contributed by atoms with van der Waals surface area (Å²) in [6, 6.07) is 5.54. The van der Waals surface area contributed by atoms with Crippen molar-refractivity contribution in [2.24, 2.45) is 11.3 Å². The second kappa shape index (κ2) is 5.40. The molecule has 94 valence electrons. The molecule has 0 spiro atoms. The Bertz CT molecular complexity index is 431. The zero-order valence-electron chi connectivity index (χ0n) is 10.1. The first-order valence-corrected chi connectivity index (χ1v) is 6.62. The number of rotatable bonds is 4. The van der Waals surface area contributed by atoms with E-state index in [-0.39, 0.29) is 5.92 Å². The summed E-state index contributed by atoms with van der Waals surface area (Å²) in [6.45, 7) is 5.60. The van der Waals surface area contributed by atoms with E-state index >= 15 is 0 Å². The van der Waals surface area contributed by atoms with Crippen molar-refractivity contribution in [3.8, 4) is 0 Å². The maximum absolute atomic E-state index is 11.4. The van der Waals surface area contributed by atoms with Gasteiger partial charge < -0.3 is 5.11 Å². The van der Waals surface area contributed by atoms with E-state index in [9.17, 15) is 9.90 Å². The van der Waals surface area contributed by atoms with Gasteiger partial charge in [0.15, 0.2) is 0 Å². The molecule has 2 nitrogen and oxygen atoms in total. The number of carboxylic acid groups (broad SMARTS) is 1. The first-order valence-electron chi connectivity index (χ1n) is 5.44. The number of aliphatic carboxylic acids is 1. The number of halogens is 2. The molecule has 0 saturated heterocycles. The number of carbonyl (C=O) groups is 1. The molecule has 0 aliphatic rings. The van der Waals surface area contributed by atoms with Crippen molar-refractivity contribution in [1.82, 2.24) is 0 Å². The van der Waals surface area contributed by atoms with E-state index in [1.54, 1.807) is 13.0 Å². The second-order valence-corrected chi connectivity index (χ2v) is 6.11. The summed E-state index contributed by atoms with van der Waals surface area (Å²) in [4.78, 5) is 11.4. The molecule has 1 aromatic rings. The van der Waals surface area contributed by atoms with Gasteiger partial charge in [-0.15, -0.1) is 0 Å². The van der Waals surface area contributed by atoms with Gasteiger partial charge in [-0.1, -0.05) is 47.4 Å². The zero-order valence-corrected chi connectivity index (χ0v) is 12.5. The van der Waals surface area contributed by atoms with Crippen LogP contribution in [0.1, 0.15) is 26.3 Å². The van der Waals surface area contributed by atoms with E-state index in [4.69, 9.17) is 11.6 Å². The van der Waals surface area contributed by atoms with Gasteiger partial charge in [-0.25, -0.2) is 0 Å². The van der Waals surface area contributed by atoms with Crippen LogP contribution in [0.3, 0.4) is 0 Å². The second-order valence-electron chi connectivity index (χ2n) is 4.79. The number of carboxylic acids is 1. The lowest BCUT2D eigenvalue weighted by Crippen LogP contribution is -2.35. The molecule has 0 amide bonds. The lowest BCUT2D eigenvalue weighted by atomic mass is 9.74. The van der Waals surface area contributed by atoms with Crippen molar-refractivity contribution in [3.05, 3.63) is 33.3 Å². The highest BCUT2D eigenvalue weighted by atomic mass is 79.9. The maximum Gasteiger partial charge on any atom is 0.309 e. The number of hydrogen-bond donors (Lipinski definition) is 1. The maximum atomic E-state index is 11.4. The van der Waals surface area contributed by atoms with Crippen LogP contribution in [0.2, 0.25) is 5.02 Å². The highest BCUT2D eigenvalue weighted by Crippen LogP contribution is 2.34. The summed E-state index contributed by atoms with van der Waals surface area (Å²) in [5.74, 6) is -0.744. The van der Waals surface area contributed by atoms with E-state index < -0.39 is 11.4 Å². The Kier molecular flexibility index (Phi) is 4.62. The molecule has 4 heteroatoms. The highest BCUT2D eigenvalue weighted by molar-refractivity contribution is 9.10. The minimum absolute atomic E-state index is 0.0414. The van der Waals surface area contributed by atoms with Crippen LogP contribution >= 0.6 is 27.5 Å².